The molecule has 0 aliphatic heterocycles. The number of hydrogen-bond donors (Lipinski definition) is 3. The van der Waals surface area contributed by atoms with Crippen molar-refractivity contribution >= 4 is 16.6 Å². The lowest BCUT2D eigenvalue weighted by Gasteiger charge is -1.95. The number of rotatable bonds is 5. The third kappa shape index (κ3) is 5.45. The number of fused-ring (bicyclic) bond motifs is 2. The summed E-state index contributed by atoms with van der Waals surface area (Å²) in [4.78, 5) is 7.43. The summed E-state index contributed by atoms with van der Waals surface area (Å²) in [5, 5.41) is 18.8. The fourth-order valence-electron chi connectivity index (χ4n) is 2.93. The van der Waals surface area contributed by atoms with Gasteiger partial charge < -0.3 is 15.4 Å². The molecule has 0 amide bonds. The Bertz CT molecular complexity index is 997. The third-order valence-electron chi connectivity index (χ3n) is 4.36. The SMILES string of the molecule is C=C.CCCCNCC.Cc1ccc2[nH]c(O)c(-c3nc4ccccn4n3)c2c1. The van der Waals surface area contributed by atoms with E-state index in [2.05, 4.69) is 47.4 Å². The monoisotopic (exact) mass is 393 g/mol. The van der Waals surface area contributed by atoms with Crippen LogP contribution in [0.3, 0.4) is 0 Å². The van der Waals surface area contributed by atoms with Gasteiger partial charge in [0.1, 0.15) is 0 Å². The molecule has 6 heteroatoms. The van der Waals surface area contributed by atoms with Gasteiger partial charge in [0.2, 0.25) is 5.88 Å². The quantitative estimate of drug-likeness (QED) is 0.326. The Labute approximate surface area is 172 Å². The molecule has 0 saturated carbocycles. The zero-order valence-electron chi connectivity index (χ0n) is 17.6. The molecule has 1 aromatic carbocycles. The van der Waals surface area contributed by atoms with Crippen molar-refractivity contribution in [2.75, 3.05) is 13.1 Å². The highest BCUT2D eigenvalue weighted by molar-refractivity contribution is 5.97. The third-order valence-corrected chi connectivity index (χ3v) is 4.36. The Kier molecular flexibility index (Phi) is 8.43. The van der Waals surface area contributed by atoms with Crippen molar-refractivity contribution in [2.24, 2.45) is 0 Å². The van der Waals surface area contributed by atoms with Crippen LogP contribution in [0.2, 0.25) is 0 Å². The van der Waals surface area contributed by atoms with Crippen LogP contribution in [0, 0.1) is 6.92 Å². The summed E-state index contributed by atoms with van der Waals surface area (Å²) in [6.45, 7) is 14.7. The standard InChI is InChI=1S/C15H12N4O.C6H15N.C2H4/c1-9-5-6-11-10(8-9)13(15(20)16-11)14-17-12-4-2-3-7-19(12)18-14;1-3-5-6-7-4-2;1-2/h2-8,16,20H,1H3;7H,3-6H2,1-2H3;1-2H2. The van der Waals surface area contributed by atoms with Gasteiger partial charge in [0.25, 0.3) is 0 Å². The Morgan fingerprint density at radius 3 is 2.66 bits per heavy atom. The number of nitrogens with zero attached hydrogens (tertiary/aromatic N) is 3. The maximum atomic E-state index is 10.2. The van der Waals surface area contributed by atoms with Crippen LogP contribution in [0.1, 0.15) is 32.3 Å². The number of hydrogen-bond acceptors (Lipinski definition) is 4. The second-order valence-corrected chi connectivity index (χ2v) is 6.54. The number of aryl methyl sites for hydroxylation is 1. The van der Waals surface area contributed by atoms with Crippen LogP contribution in [0.25, 0.3) is 27.9 Å². The molecule has 0 atom stereocenters. The number of benzene rings is 1. The van der Waals surface area contributed by atoms with Crippen molar-refractivity contribution in [3.8, 4) is 17.3 Å². The van der Waals surface area contributed by atoms with Crippen LogP contribution < -0.4 is 5.32 Å². The predicted molar refractivity (Wildman–Crippen MR) is 121 cm³/mol. The van der Waals surface area contributed by atoms with Crippen LogP contribution in [-0.4, -0.2) is 37.8 Å². The van der Waals surface area contributed by atoms with Gasteiger partial charge in [0.15, 0.2) is 11.5 Å². The zero-order chi connectivity index (χ0) is 21.2. The number of aromatic amines is 1. The molecule has 4 rings (SSSR count). The van der Waals surface area contributed by atoms with E-state index in [9.17, 15) is 5.11 Å². The first kappa shape index (κ1) is 22.2. The second-order valence-electron chi connectivity index (χ2n) is 6.54. The minimum atomic E-state index is 0.0986. The Morgan fingerprint density at radius 2 is 1.97 bits per heavy atom. The van der Waals surface area contributed by atoms with E-state index in [0.29, 0.717) is 11.4 Å². The summed E-state index contributed by atoms with van der Waals surface area (Å²) in [6.07, 6.45) is 4.45. The molecule has 6 nitrogen and oxygen atoms in total. The number of nitrogens with one attached hydrogen (secondary N) is 2. The summed E-state index contributed by atoms with van der Waals surface area (Å²) < 4.78 is 1.70. The fourth-order valence-corrected chi connectivity index (χ4v) is 2.93. The molecule has 0 aliphatic rings. The van der Waals surface area contributed by atoms with Crippen molar-refractivity contribution in [3.63, 3.8) is 0 Å². The van der Waals surface area contributed by atoms with Crippen LogP contribution in [0.4, 0.5) is 0 Å². The van der Waals surface area contributed by atoms with Gasteiger partial charge in [0.05, 0.1) is 5.56 Å². The average Bonchev–Trinajstić information content (AvgIpc) is 3.29. The van der Waals surface area contributed by atoms with Crippen molar-refractivity contribution in [3.05, 3.63) is 61.3 Å². The topological polar surface area (TPSA) is 78.2 Å². The van der Waals surface area contributed by atoms with E-state index < -0.39 is 0 Å². The lowest BCUT2D eigenvalue weighted by atomic mass is 10.1. The molecular formula is C23H31N5O. The summed E-state index contributed by atoms with van der Waals surface area (Å²) in [5.41, 5.74) is 3.40. The maximum absolute atomic E-state index is 10.2. The first-order chi connectivity index (χ1) is 14.1. The van der Waals surface area contributed by atoms with E-state index in [1.807, 2.05) is 49.5 Å². The molecule has 0 unspecified atom stereocenters. The molecule has 3 heterocycles. The van der Waals surface area contributed by atoms with E-state index in [1.165, 1.54) is 19.4 Å². The predicted octanol–water partition coefficient (Wildman–Crippen LogP) is 5.09. The fraction of sp³-hybridized carbons (Fsp3) is 0.304. The lowest BCUT2D eigenvalue weighted by Crippen LogP contribution is -2.13. The molecule has 0 saturated heterocycles. The number of aromatic nitrogens is 4. The van der Waals surface area contributed by atoms with Crippen LogP contribution in [0.15, 0.2) is 55.8 Å². The van der Waals surface area contributed by atoms with E-state index in [1.54, 1.807) is 4.52 Å². The van der Waals surface area contributed by atoms with Gasteiger partial charge in [-0.2, -0.15) is 0 Å². The van der Waals surface area contributed by atoms with Gasteiger partial charge in [-0.05, 0) is 50.7 Å². The minimum absolute atomic E-state index is 0.0986. The molecule has 154 valence electrons. The van der Waals surface area contributed by atoms with Gasteiger partial charge in [-0.3, -0.25) is 0 Å². The van der Waals surface area contributed by atoms with E-state index in [4.69, 9.17) is 0 Å². The molecule has 0 aliphatic carbocycles. The van der Waals surface area contributed by atoms with Gasteiger partial charge in [-0.15, -0.1) is 18.3 Å². The first-order valence-corrected chi connectivity index (χ1v) is 9.97. The highest BCUT2D eigenvalue weighted by atomic mass is 16.3. The van der Waals surface area contributed by atoms with Crippen molar-refractivity contribution in [1.29, 1.82) is 0 Å². The van der Waals surface area contributed by atoms with Gasteiger partial charge in [-0.25, -0.2) is 9.50 Å². The van der Waals surface area contributed by atoms with E-state index in [0.717, 1.165) is 28.7 Å². The molecule has 0 radical (unpaired) electrons. The van der Waals surface area contributed by atoms with E-state index in [-0.39, 0.29) is 5.88 Å². The molecular weight excluding hydrogens is 362 g/mol. The average molecular weight is 394 g/mol. The number of unbranched alkanes of at least 4 members (excludes halogenated alkanes) is 1. The summed E-state index contributed by atoms with van der Waals surface area (Å²) in [6, 6.07) is 11.7. The normalized spacial score (nSPS) is 10.3. The van der Waals surface area contributed by atoms with Crippen molar-refractivity contribution in [1.82, 2.24) is 24.9 Å². The van der Waals surface area contributed by atoms with Gasteiger partial charge in [0, 0.05) is 17.1 Å². The zero-order valence-corrected chi connectivity index (χ0v) is 17.6. The minimum Gasteiger partial charge on any atom is -0.494 e. The lowest BCUT2D eigenvalue weighted by molar-refractivity contribution is 0.460. The Morgan fingerprint density at radius 1 is 1.17 bits per heavy atom. The molecule has 4 aromatic rings. The van der Waals surface area contributed by atoms with E-state index >= 15 is 0 Å². The maximum Gasteiger partial charge on any atom is 0.200 e. The molecule has 0 fully saturated rings. The molecule has 29 heavy (non-hydrogen) atoms. The van der Waals surface area contributed by atoms with Crippen LogP contribution in [0.5, 0.6) is 5.88 Å². The first-order valence-electron chi connectivity index (χ1n) is 9.97. The second kappa shape index (κ2) is 11.0. The molecule has 3 aromatic heterocycles. The van der Waals surface area contributed by atoms with Crippen LogP contribution >= 0.6 is 0 Å². The highest BCUT2D eigenvalue weighted by Gasteiger charge is 2.17. The van der Waals surface area contributed by atoms with Crippen LogP contribution in [-0.2, 0) is 0 Å². The van der Waals surface area contributed by atoms with Crippen molar-refractivity contribution < 1.29 is 5.11 Å². The number of pyridine rings is 1. The number of aromatic hydroxyl groups is 1. The summed E-state index contributed by atoms with van der Waals surface area (Å²) in [5.74, 6) is 0.618. The summed E-state index contributed by atoms with van der Waals surface area (Å²) in [7, 11) is 0. The summed E-state index contributed by atoms with van der Waals surface area (Å²) >= 11 is 0. The number of H-pyrrole nitrogens is 1. The molecule has 0 bridgehead atoms. The Balaban J connectivity index is 0.000000287. The van der Waals surface area contributed by atoms with Gasteiger partial charge >= 0.3 is 0 Å². The molecule has 3 N–H and O–H groups in total. The largest absolute Gasteiger partial charge is 0.494 e. The smallest absolute Gasteiger partial charge is 0.200 e. The molecule has 0 spiro atoms. The highest BCUT2D eigenvalue weighted by Crippen LogP contribution is 2.35. The Hall–Kier alpha value is -3.12. The van der Waals surface area contributed by atoms with Gasteiger partial charge in [-0.1, -0.05) is 38.0 Å². The van der Waals surface area contributed by atoms with Crippen molar-refractivity contribution in [2.45, 2.75) is 33.6 Å².